The number of carbonyl (C=O) groups is 1. The Kier molecular flexibility index (Phi) is 6.70. The van der Waals surface area contributed by atoms with Crippen LogP contribution in [0.3, 0.4) is 0 Å². The summed E-state index contributed by atoms with van der Waals surface area (Å²) in [5.41, 5.74) is 2.71. The molecule has 3 rings (SSSR count). The average Bonchev–Trinajstić information content (AvgIpc) is 3.07. The second kappa shape index (κ2) is 9.01. The molecule has 0 radical (unpaired) electrons. The number of hydrogen-bond donors (Lipinski definition) is 1. The van der Waals surface area contributed by atoms with Gasteiger partial charge in [0.15, 0.2) is 0 Å². The minimum Gasteiger partial charge on any atom is -0.356 e. The number of aryl methyl sites for hydroxylation is 2. The highest BCUT2D eigenvalue weighted by molar-refractivity contribution is 7.98. The Bertz CT molecular complexity index is 805. The zero-order chi connectivity index (χ0) is 19.4. The van der Waals surface area contributed by atoms with Gasteiger partial charge < -0.3 is 10.2 Å². The van der Waals surface area contributed by atoms with E-state index in [1.807, 2.05) is 20.1 Å². The van der Waals surface area contributed by atoms with E-state index in [2.05, 4.69) is 32.2 Å². The molecule has 0 saturated carbocycles. The number of nitrogens with zero attached hydrogens (tertiary/aromatic N) is 5. The first-order chi connectivity index (χ1) is 13.0. The molecule has 1 atom stereocenters. The summed E-state index contributed by atoms with van der Waals surface area (Å²) in [6.07, 6.45) is 7.19. The van der Waals surface area contributed by atoms with Crippen LogP contribution in [0.4, 0.5) is 0 Å². The summed E-state index contributed by atoms with van der Waals surface area (Å²) in [5.74, 6) is 0.633. The van der Waals surface area contributed by atoms with E-state index in [9.17, 15) is 4.79 Å². The van der Waals surface area contributed by atoms with Crippen molar-refractivity contribution < 1.29 is 4.79 Å². The summed E-state index contributed by atoms with van der Waals surface area (Å²) < 4.78 is 1.74. The van der Waals surface area contributed by atoms with Gasteiger partial charge >= 0.3 is 0 Å². The molecule has 1 aliphatic heterocycles. The van der Waals surface area contributed by atoms with E-state index in [0.29, 0.717) is 23.4 Å². The number of nitrogens with one attached hydrogen (secondary N) is 1. The molecule has 1 unspecified atom stereocenters. The number of rotatable bonds is 7. The largest absolute Gasteiger partial charge is 0.356 e. The number of hydrogen-bond acceptors (Lipinski definition) is 6. The number of piperidine rings is 1. The highest BCUT2D eigenvalue weighted by Gasteiger charge is 2.18. The van der Waals surface area contributed by atoms with Gasteiger partial charge in [0.05, 0.1) is 6.42 Å². The van der Waals surface area contributed by atoms with Crippen LogP contribution in [0.2, 0.25) is 0 Å². The molecule has 2 aromatic rings. The van der Waals surface area contributed by atoms with E-state index in [1.165, 1.54) is 37.6 Å². The zero-order valence-electron chi connectivity index (χ0n) is 16.8. The van der Waals surface area contributed by atoms with Crippen molar-refractivity contribution in [3.8, 4) is 0 Å². The van der Waals surface area contributed by atoms with Gasteiger partial charge in [-0.05, 0) is 52.8 Å². The lowest BCUT2D eigenvalue weighted by molar-refractivity contribution is -0.120. The van der Waals surface area contributed by atoms with Crippen molar-refractivity contribution in [1.29, 1.82) is 0 Å². The molecule has 0 aromatic carbocycles. The number of aromatic nitrogens is 4. The van der Waals surface area contributed by atoms with E-state index >= 15 is 0 Å². The van der Waals surface area contributed by atoms with E-state index < -0.39 is 0 Å². The highest BCUT2D eigenvalue weighted by atomic mass is 32.2. The number of likely N-dealkylation sites (tertiary alicyclic amines) is 1. The first-order valence-corrected chi connectivity index (χ1v) is 11.0. The topological polar surface area (TPSA) is 75.4 Å². The van der Waals surface area contributed by atoms with Crippen molar-refractivity contribution in [3.63, 3.8) is 0 Å². The Morgan fingerprint density at radius 1 is 1.30 bits per heavy atom. The zero-order valence-corrected chi connectivity index (χ0v) is 17.6. The normalized spacial score (nSPS) is 18.1. The first-order valence-electron chi connectivity index (χ1n) is 9.77. The van der Waals surface area contributed by atoms with Crippen LogP contribution in [-0.4, -0.2) is 62.3 Å². The van der Waals surface area contributed by atoms with Crippen molar-refractivity contribution >= 4 is 23.4 Å². The van der Waals surface area contributed by atoms with Gasteiger partial charge in [0, 0.05) is 36.1 Å². The van der Waals surface area contributed by atoms with Crippen LogP contribution in [-0.2, 0) is 11.2 Å². The second-order valence-corrected chi connectivity index (χ2v) is 8.11. The molecule has 1 fully saturated rings. The van der Waals surface area contributed by atoms with Crippen molar-refractivity contribution in [2.75, 3.05) is 25.9 Å². The lowest BCUT2D eigenvalue weighted by atomic mass is 10.0. The molecule has 0 spiro atoms. The first kappa shape index (κ1) is 20.1. The van der Waals surface area contributed by atoms with Crippen LogP contribution in [0.1, 0.15) is 49.6 Å². The smallest absolute Gasteiger partial charge is 0.253 e. The van der Waals surface area contributed by atoms with Crippen LogP contribution in [0.25, 0.3) is 5.78 Å². The fourth-order valence-electron chi connectivity index (χ4n) is 3.76. The molecule has 148 valence electrons. The second-order valence-electron chi connectivity index (χ2n) is 7.33. The SMILES string of the molecule is CSc1nc2nc(C)c(CC(=O)NCCCN3CCCCC3C)c(C)n2n1. The third-order valence-corrected chi connectivity index (χ3v) is 5.97. The summed E-state index contributed by atoms with van der Waals surface area (Å²) in [6.45, 7) is 9.18. The molecule has 8 heteroatoms. The molecule has 0 bridgehead atoms. The molecule has 1 amide bonds. The molecular formula is C19H30N6OS. The van der Waals surface area contributed by atoms with Gasteiger partial charge in [0.1, 0.15) is 0 Å². The maximum Gasteiger partial charge on any atom is 0.253 e. The molecule has 1 saturated heterocycles. The van der Waals surface area contributed by atoms with Gasteiger partial charge in [-0.3, -0.25) is 4.79 Å². The van der Waals surface area contributed by atoms with Crippen molar-refractivity contribution in [3.05, 3.63) is 17.0 Å². The van der Waals surface area contributed by atoms with Gasteiger partial charge in [-0.2, -0.15) is 4.98 Å². The standard InChI is InChI=1S/C19H30N6OS/c1-13-8-5-6-10-24(13)11-7-9-20-17(26)12-16-14(2)21-18-22-19(27-4)23-25(18)15(16)3/h13H,5-12H2,1-4H3,(H,20,26). The lowest BCUT2D eigenvalue weighted by Gasteiger charge is -2.33. The van der Waals surface area contributed by atoms with E-state index in [0.717, 1.165) is 36.5 Å². The average molecular weight is 391 g/mol. The van der Waals surface area contributed by atoms with Crippen LogP contribution < -0.4 is 5.32 Å². The van der Waals surface area contributed by atoms with Gasteiger partial charge in [0.25, 0.3) is 5.78 Å². The minimum absolute atomic E-state index is 0.0410. The third-order valence-electron chi connectivity index (χ3n) is 5.43. The fourth-order valence-corrected chi connectivity index (χ4v) is 4.09. The molecule has 3 heterocycles. The molecule has 0 aliphatic carbocycles. The maximum atomic E-state index is 12.4. The van der Waals surface area contributed by atoms with E-state index in [1.54, 1.807) is 4.52 Å². The highest BCUT2D eigenvalue weighted by Crippen LogP contribution is 2.18. The summed E-state index contributed by atoms with van der Waals surface area (Å²) >= 11 is 1.49. The monoisotopic (exact) mass is 390 g/mol. The van der Waals surface area contributed by atoms with Crippen molar-refractivity contribution in [2.45, 2.75) is 64.1 Å². The van der Waals surface area contributed by atoms with Crippen molar-refractivity contribution in [2.24, 2.45) is 0 Å². The van der Waals surface area contributed by atoms with Gasteiger partial charge in [-0.15, -0.1) is 5.10 Å². The van der Waals surface area contributed by atoms with Crippen LogP contribution in [0, 0.1) is 13.8 Å². The molecular weight excluding hydrogens is 360 g/mol. The van der Waals surface area contributed by atoms with E-state index in [4.69, 9.17) is 0 Å². The predicted molar refractivity (Wildman–Crippen MR) is 108 cm³/mol. The number of thioether (sulfide) groups is 1. The van der Waals surface area contributed by atoms with E-state index in [-0.39, 0.29) is 5.91 Å². The summed E-state index contributed by atoms with van der Waals surface area (Å²) in [5, 5.41) is 8.20. The van der Waals surface area contributed by atoms with Gasteiger partial charge in [-0.25, -0.2) is 9.50 Å². The Hall–Kier alpha value is -1.67. The summed E-state index contributed by atoms with van der Waals surface area (Å²) in [6, 6.07) is 0.673. The predicted octanol–water partition coefficient (Wildman–Crippen LogP) is 2.39. The molecule has 1 N–H and O–H groups in total. The van der Waals surface area contributed by atoms with Crippen molar-refractivity contribution in [1.82, 2.24) is 29.8 Å². The number of carbonyl (C=O) groups excluding carboxylic acids is 1. The number of amides is 1. The molecule has 1 aliphatic rings. The van der Waals surface area contributed by atoms with Gasteiger partial charge in [-0.1, -0.05) is 18.2 Å². The Morgan fingerprint density at radius 2 is 2.11 bits per heavy atom. The summed E-state index contributed by atoms with van der Waals surface area (Å²) in [4.78, 5) is 23.9. The number of fused-ring (bicyclic) bond motifs is 1. The summed E-state index contributed by atoms with van der Waals surface area (Å²) in [7, 11) is 0. The molecule has 7 nitrogen and oxygen atoms in total. The lowest BCUT2D eigenvalue weighted by Crippen LogP contribution is -2.39. The Labute approximate surface area is 165 Å². The van der Waals surface area contributed by atoms with Crippen LogP contribution in [0.15, 0.2) is 5.16 Å². The Morgan fingerprint density at radius 3 is 2.85 bits per heavy atom. The van der Waals surface area contributed by atoms with Gasteiger partial charge in [0.2, 0.25) is 11.1 Å². The maximum absolute atomic E-state index is 12.4. The quantitative estimate of drug-likeness (QED) is 0.578. The fraction of sp³-hybridized carbons (Fsp3) is 0.684. The Balaban J connectivity index is 1.54. The molecule has 27 heavy (non-hydrogen) atoms. The van der Waals surface area contributed by atoms with Crippen LogP contribution >= 0.6 is 11.8 Å². The third kappa shape index (κ3) is 4.79. The minimum atomic E-state index is 0.0410. The van der Waals surface area contributed by atoms with Crippen LogP contribution in [0.5, 0.6) is 0 Å². The molecule has 2 aromatic heterocycles.